The molecule has 2 aromatic carbocycles. The molecule has 0 aliphatic carbocycles. The van der Waals surface area contributed by atoms with Crippen molar-refractivity contribution in [2.75, 3.05) is 23.7 Å². The molecule has 1 unspecified atom stereocenters. The second kappa shape index (κ2) is 9.99. The molecule has 0 saturated carbocycles. The molecule has 1 aliphatic rings. The van der Waals surface area contributed by atoms with Crippen LogP contribution in [-0.2, 0) is 21.9 Å². The number of benzene rings is 2. The molecule has 3 aromatic rings. The molecule has 1 aliphatic heterocycles. The van der Waals surface area contributed by atoms with Gasteiger partial charge in [0.25, 0.3) is 10.0 Å². The molecule has 1 fully saturated rings. The molecule has 0 bridgehead atoms. The summed E-state index contributed by atoms with van der Waals surface area (Å²) in [6, 6.07) is 18.0. The molecular weight excluding hydrogens is 450 g/mol. The van der Waals surface area contributed by atoms with Gasteiger partial charge in [-0.1, -0.05) is 30.3 Å². The van der Waals surface area contributed by atoms with E-state index in [4.69, 9.17) is 0 Å². The zero-order valence-corrected chi connectivity index (χ0v) is 20.5. The maximum atomic E-state index is 12.9. The van der Waals surface area contributed by atoms with E-state index in [1.54, 1.807) is 18.5 Å². The van der Waals surface area contributed by atoms with E-state index in [0.717, 1.165) is 11.4 Å². The third kappa shape index (κ3) is 5.31. The van der Waals surface area contributed by atoms with Crippen LogP contribution in [0.15, 0.2) is 65.8 Å². The van der Waals surface area contributed by atoms with E-state index in [-0.39, 0.29) is 22.9 Å². The van der Waals surface area contributed by atoms with Gasteiger partial charge < -0.3 is 15.2 Å². The fraction of sp³-hybridized carbons (Fsp3) is 0.360. The number of anilines is 2. The lowest BCUT2D eigenvalue weighted by Crippen LogP contribution is -2.41. The van der Waals surface area contributed by atoms with E-state index < -0.39 is 10.0 Å². The molecule has 34 heavy (non-hydrogen) atoms. The third-order valence-electron chi connectivity index (χ3n) is 6.35. The standard InChI is InChI=1S/C25H31N5O3S/c1-18(20-7-5-4-6-8-20)26-22-9-11-23(12-10-22)28-25(31)21-13-15-30(16-14-21)34(32,33)24-17-29(3)19(2)27-24/h4-12,17-18,21,26H,13-16H2,1-3H3,(H,28,31). The second-order valence-corrected chi connectivity index (χ2v) is 10.6. The first kappa shape index (κ1) is 24.0. The number of aromatic nitrogens is 2. The van der Waals surface area contributed by atoms with Gasteiger partial charge in [-0.2, -0.15) is 4.31 Å². The minimum absolute atomic E-state index is 0.0608. The SMILES string of the molecule is Cc1nc(S(=O)(=O)N2CCC(C(=O)Nc3ccc(NC(C)c4ccccc4)cc3)CC2)cn1C. The van der Waals surface area contributed by atoms with Gasteiger partial charge in [0.2, 0.25) is 5.91 Å². The van der Waals surface area contributed by atoms with E-state index >= 15 is 0 Å². The van der Waals surface area contributed by atoms with Crippen LogP contribution >= 0.6 is 0 Å². The fourth-order valence-corrected chi connectivity index (χ4v) is 5.61. The number of piperidine rings is 1. The minimum atomic E-state index is -3.64. The largest absolute Gasteiger partial charge is 0.379 e. The highest BCUT2D eigenvalue weighted by Crippen LogP contribution is 2.25. The summed E-state index contributed by atoms with van der Waals surface area (Å²) in [4.78, 5) is 16.9. The van der Waals surface area contributed by atoms with Gasteiger partial charge in [-0.15, -0.1) is 0 Å². The number of aryl methyl sites for hydroxylation is 2. The van der Waals surface area contributed by atoms with Crippen LogP contribution in [0, 0.1) is 12.8 Å². The number of hydrogen-bond acceptors (Lipinski definition) is 5. The fourth-order valence-electron chi connectivity index (χ4n) is 4.11. The number of carbonyl (C=O) groups is 1. The molecule has 9 heteroatoms. The molecule has 1 atom stereocenters. The van der Waals surface area contributed by atoms with Crippen molar-refractivity contribution in [1.82, 2.24) is 13.9 Å². The van der Waals surface area contributed by atoms with Gasteiger partial charge >= 0.3 is 0 Å². The predicted molar refractivity (Wildman–Crippen MR) is 133 cm³/mol. The second-order valence-electron chi connectivity index (χ2n) is 8.76. The smallest absolute Gasteiger partial charge is 0.262 e. The molecule has 1 saturated heterocycles. The number of sulfonamides is 1. The lowest BCUT2D eigenvalue weighted by molar-refractivity contribution is -0.120. The molecular formula is C25H31N5O3S. The lowest BCUT2D eigenvalue weighted by Gasteiger charge is -2.30. The summed E-state index contributed by atoms with van der Waals surface area (Å²) in [6.07, 6.45) is 2.48. The van der Waals surface area contributed by atoms with Crippen LogP contribution in [0.2, 0.25) is 0 Å². The Labute approximate surface area is 201 Å². The van der Waals surface area contributed by atoms with Gasteiger partial charge in [0.1, 0.15) is 5.82 Å². The maximum Gasteiger partial charge on any atom is 0.262 e. The van der Waals surface area contributed by atoms with Crippen molar-refractivity contribution in [2.24, 2.45) is 13.0 Å². The average Bonchev–Trinajstić information content (AvgIpc) is 3.20. The summed E-state index contributed by atoms with van der Waals surface area (Å²) in [6.45, 7) is 4.47. The zero-order valence-electron chi connectivity index (χ0n) is 19.7. The number of nitrogens with zero attached hydrogens (tertiary/aromatic N) is 3. The Bertz CT molecular complexity index is 1210. The molecule has 0 radical (unpaired) electrons. The van der Waals surface area contributed by atoms with E-state index in [1.165, 1.54) is 16.1 Å². The number of nitrogens with one attached hydrogen (secondary N) is 2. The first-order valence-corrected chi connectivity index (χ1v) is 12.9. The molecule has 2 N–H and O–H groups in total. The normalized spacial score (nSPS) is 16.2. The molecule has 2 heterocycles. The average molecular weight is 482 g/mol. The van der Waals surface area contributed by atoms with Crippen LogP contribution in [0.5, 0.6) is 0 Å². The summed E-state index contributed by atoms with van der Waals surface area (Å²) in [5.41, 5.74) is 2.89. The van der Waals surface area contributed by atoms with Gasteiger partial charge in [-0.3, -0.25) is 4.79 Å². The topological polar surface area (TPSA) is 96.3 Å². The van der Waals surface area contributed by atoms with E-state index in [0.29, 0.717) is 31.8 Å². The number of rotatable bonds is 7. The van der Waals surface area contributed by atoms with Crippen LogP contribution in [0.1, 0.15) is 37.2 Å². The number of imidazole rings is 1. The number of hydrogen-bond donors (Lipinski definition) is 2. The van der Waals surface area contributed by atoms with Gasteiger partial charge in [0.05, 0.1) is 0 Å². The van der Waals surface area contributed by atoms with Crippen LogP contribution in [0.3, 0.4) is 0 Å². The summed E-state index contributed by atoms with van der Waals surface area (Å²) in [5, 5.41) is 6.49. The van der Waals surface area contributed by atoms with E-state index in [2.05, 4.69) is 34.7 Å². The van der Waals surface area contributed by atoms with Crippen molar-refractivity contribution in [3.8, 4) is 0 Å². The summed E-state index contributed by atoms with van der Waals surface area (Å²) in [7, 11) is -1.88. The number of carbonyl (C=O) groups excluding carboxylic acids is 1. The molecule has 1 amide bonds. The zero-order chi connectivity index (χ0) is 24.3. The molecule has 1 aromatic heterocycles. The summed E-state index contributed by atoms with van der Waals surface area (Å²) >= 11 is 0. The van der Waals surface area contributed by atoms with Crippen molar-refractivity contribution >= 4 is 27.3 Å². The van der Waals surface area contributed by atoms with Crippen molar-refractivity contribution < 1.29 is 13.2 Å². The van der Waals surface area contributed by atoms with Crippen LogP contribution in [-0.4, -0.2) is 41.3 Å². The van der Waals surface area contributed by atoms with Gasteiger partial charge in [-0.25, -0.2) is 13.4 Å². The van der Waals surface area contributed by atoms with E-state index in [1.807, 2.05) is 42.5 Å². The van der Waals surface area contributed by atoms with Crippen LogP contribution in [0.25, 0.3) is 0 Å². The summed E-state index contributed by atoms with van der Waals surface area (Å²) in [5.74, 6) is 0.334. The van der Waals surface area contributed by atoms with Crippen molar-refractivity contribution in [3.63, 3.8) is 0 Å². The van der Waals surface area contributed by atoms with E-state index in [9.17, 15) is 13.2 Å². The Morgan fingerprint density at radius 1 is 1.03 bits per heavy atom. The first-order chi connectivity index (χ1) is 16.2. The van der Waals surface area contributed by atoms with Gasteiger partial charge in [0, 0.05) is 49.7 Å². The Balaban J connectivity index is 1.30. The first-order valence-electron chi connectivity index (χ1n) is 11.5. The van der Waals surface area contributed by atoms with Crippen LogP contribution < -0.4 is 10.6 Å². The van der Waals surface area contributed by atoms with Crippen molar-refractivity contribution in [1.29, 1.82) is 0 Å². The molecule has 0 spiro atoms. The Hall–Kier alpha value is -3.17. The highest BCUT2D eigenvalue weighted by molar-refractivity contribution is 7.89. The Kier molecular flexibility index (Phi) is 7.04. The van der Waals surface area contributed by atoms with Gasteiger partial charge in [0.15, 0.2) is 5.03 Å². The lowest BCUT2D eigenvalue weighted by atomic mass is 9.97. The minimum Gasteiger partial charge on any atom is -0.379 e. The maximum absolute atomic E-state index is 12.9. The predicted octanol–water partition coefficient (Wildman–Crippen LogP) is 3.94. The Morgan fingerprint density at radius 3 is 2.24 bits per heavy atom. The molecule has 4 rings (SSSR count). The Morgan fingerprint density at radius 2 is 1.65 bits per heavy atom. The molecule has 180 valence electrons. The third-order valence-corrected chi connectivity index (χ3v) is 8.12. The highest BCUT2D eigenvalue weighted by atomic mass is 32.2. The monoisotopic (exact) mass is 481 g/mol. The number of amides is 1. The van der Waals surface area contributed by atoms with Crippen molar-refractivity contribution in [3.05, 3.63) is 72.2 Å². The van der Waals surface area contributed by atoms with Crippen LogP contribution in [0.4, 0.5) is 11.4 Å². The quantitative estimate of drug-likeness (QED) is 0.533. The molecule has 8 nitrogen and oxygen atoms in total. The summed E-state index contributed by atoms with van der Waals surface area (Å²) < 4.78 is 28.8. The van der Waals surface area contributed by atoms with Crippen molar-refractivity contribution in [2.45, 2.75) is 37.8 Å². The van der Waals surface area contributed by atoms with Gasteiger partial charge in [-0.05, 0) is 56.5 Å². The highest BCUT2D eigenvalue weighted by Gasteiger charge is 2.33.